The number of aromatic amines is 1. The molecule has 11 heteroatoms. The predicted molar refractivity (Wildman–Crippen MR) is 137 cm³/mol. The van der Waals surface area contributed by atoms with Crippen molar-refractivity contribution in [2.24, 2.45) is 0 Å². The van der Waals surface area contributed by atoms with Crippen LogP contribution in [0.15, 0.2) is 42.5 Å². The number of rotatable bonds is 9. The summed E-state index contributed by atoms with van der Waals surface area (Å²) in [5.74, 6) is -1.63. The van der Waals surface area contributed by atoms with Crippen LogP contribution < -0.4 is 9.47 Å². The fourth-order valence-electron chi connectivity index (χ4n) is 4.87. The number of nitrogens with one attached hydrogen (secondary N) is 1. The Morgan fingerprint density at radius 1 is 1.11 bits per heavy atom. The Kier molecular flexibility index (Phi) is 7.56. The molecule has 1 unspecified atom stereocenters. The fraction of sp³-hybridized carbons (Fsp3) is 0.333. The van der Waals surface area contributed by atoms with E-state index in [9.17, 15) is 19.5 Å². The van der Waals surface area contributed by atoms with E-state index in [0.717, 1.165) is 0 Å². The third kappa shape index (κ3) is 4.62. The quantitative estimate of drug-likeness (QED) is 0.189. The molecule has 4 rings (SSSR count). The van der Waals surface area contributed by atoms with Gasteiger partial charge in [-0.05, 0) is 43.5 Å². The van der Waals surface area contributed by atoms with Gasteiger partial charge < -0.3 is 33.8 Å². The van der Waals surface area contributed by atoms with Crippen LogP contribution in [0.2, 0.25) is 0 Å². The van der Waals surface area contributed by atoms with E-state index in [1.807, 2.05) is 10.8 Å². The minimum absolute atomic E-state index is 0.0773. The highest BCUT2D eigenvalue weighted by Crippen LogP contribution is 2.43. The van der Waals surface area contributed by atoms with Crippen molar-refractivity contribution in [3.63, 3.8) is 0 Å². The number of nitrogens with zero attached hydrogens (tertiary/aromatic N) is 3. The minimum atomic E-state index is -0.895. The summed E-state index contributed by atoms with van der Waals surface area (Å²) in [6.45, 7) is 4.13. The monoisotopic (exact) mass is 522 g/mol. The van der Waals surface area contributed by atoms with Gasteiger partial charge in [-0.1, -0.05) is 6.07 Å². The maximum atomic E-state index is 13.4. The lowest BCUT2D eigenvalue weighted by atomic mass is 9.93. The van der Waals surface area contributed by atoms with E-state index >= 15 is 0 Å². The summed E-state index contributed by atoms with van der Waals surface area (Å²) < 4.78 is 17.5. The van der Waals surface area contributed by atoms with Gasteiger partial charge in [-0.2, -0.15) is 0 Å². The van der Waals surface area contributed by atoms with Gasteiger partial charge in [0.15, 0.2) is 11.5 Å². The van der Waals surface area contributed by atoms with Crippen LogP contribution in [0.25, 0.3) is 5.76 Å². The van der Waals surface area contributed by atoms with E-state index in [1.54, 1.807) is 44.6 Å². The van der Waals surface area contributed by atoms with Crippen molar-refractivity contribution in [1.82, 2.24) is 19.4 Å². The third-order valence-electron chi connectivity index (χ3n) is 6.70. The average Bonchev–Trinajstić information content (AvgIpc) is 3.61. The van der Waals surface area contributed by atoms with Crippen LogP contribution in [-0.4, -0.2) is 70.1 Å². The number of esters is 1. The number of carbonyl (C=O) groups is 3. The molecule has 1 aromatic carbocycles. The number of ketones is 1. The number of H-pyrrole nitrogens is 1. The number of amides is 1. The van der Waals surface area contributed by atoms with Crippen LogP contribution >= 0.6 is 0 Å². The number of aliphatic hydroxyl groups is 1. The van der Waals surface area contributed by atoms with Gasteiger partial charge in [-0.3, -0.25) is 9.59 Å². The lowest BCUT2D eigenvalue weighted by Gasteiger charge is -2.26. The second-order valence-electron chi connectivity index (χ2n) is 8.88. The van der Waals surface area contributed by atoms with Gasteiger partial charge in [0.1, 0.15) is 11.5 Å². The lowest BCUT2D eigenvalue weighted by molar-refractivity contribution is -0.139. The second kappa shape index (κ2) is 10.8. The first kappa shape index (κ1) is 26.5. The summed E-state index contributed by atoms with van der Waals surface area (Å²) in [4.78, 5) is 47.4. The van der Waals surface area contributed by atoms with Gasteiger partial charge in [-0.25, -0.2) is 9.78 Å². The highest BCUT2D eigenvalue weighted by molar-refractivity contribution is 6.46. The number of aliphatic hydroxyl groups excluding tert-OH is 1. The molecule has 0 aliphatic carbocycles. The summed E-state index contributed by atoms with van der Waals surface area (Å²) in [6, 6.07) is 4.20. The van der Waals surface area contributed by atoms with Gasteiger partial charge in [0.25, 0.3) is 11.7 Å². The van der Waals surface area contributed by atoms with Crippen molar-refractivity contribution in [3.8, 4) is 11.5 Å². The summed E-state index contributed by atoms with van der Waals surface area (Å²) in [7, 11) is 4.25. The van der Waals surface area contributed by atoms with Crippen molar-refractivity contribution in [3.05, 3.63) is 70.6 Å². The van der Waals surface area contributed by atoms with Crippen molar-refractivity contribution < 1.29 is 33.7 Å². The summed E-state index contributed by atoms with van der Waals surface area (Å²) >= 11 is 0. The van der Waals surface area contributed by atoms with Gasteiger partial charge >= 0.3 is 5.97 Å². The molecule has 1 aliphatic heterocycles. The Morgan fingerprint density at radius 2 is 1.84 bits per heavy atom. The van der Waals surface area contributed by atoms with Crippen LogP contribution in [0.1, 0.15) is 45.3 Å². The van der Waals surface area contributed by atoms with E-state index in [1.165, 1.54) is 26.2 Å². The fourth-order valence-corrected chi connectivity index (χ4v) is 4.87. The molecular formula is C27H30N4O7. The predicted octanol–water partition coefficient (Wildman–Crippen LogP) is 3.14. The van der Waals surface area contributed by atoms with Crippen LogP contribution in [0.3, 0.4) is 0 Å². The summed E-state index contributed by atoms with van der Waals surface area (Å²) in [6.07, 6.45) is 5.70. The summed E-state index contributed by atoms with van der Waals surface area (Å²) in [5, 5.41) is 11.5. The third-order valence-corrected chi connectivity index (χ3v) is 6.70. The molecule has 3 heterocycles. The first-order valence-corrected chi connectivity index (χ1v) is 12.0. The molecule has 3 aromatic rings. The second-order valence-corrected chi connectivity index (χ2v) is 8.88. The number of Topliss-reactive ketones (excluding diaryl/α,β-unsaturated/α-hetero) is 1. The molecule has 0 saturated carbocycles. The number of imidazole rings is 1. The van der Waals surface area contributed by atoms with Crippen LogP contribution in [0.4, 0.5) is 0 Å². The van der Waals surface area contributed by atoms with Crippen LogP contribution in [0.5, 0.6) is 11.5 Å². The minimum Gasteiger partial charge on any atom is -0.507 e. The number of ether oxygens (including phenoxy) is 3. The van der Waals surface area contributed by atoms with Gasteiger partial charge in [0.05, 0.1) is 39.3 Å². The molecule has 1 saturated heterocycles. The smallest absolute Gasteiger partial charge is 0.354 e. The Morgan fingerprint density at radius 3 is 2.47 bits per heavy atom. The molecular weight excluding hydrogens is 492 g/mol. The van der Waals surface area contributed by atoms with E-state index in [2.05, 4.69) is 9.97 Å². The number of methoxy groups -OCH3 is 3. The highest BCUT2D eigenvalue weighted by Gasteiger charge is 2.46. The van der Waals surface area contributed by atoms with E-state index < -0.39 is 23.7 Å². The highest BCUT2D eigenvalue weighted by atomic mass is 16.5. The Balaban J connectivity index is 1.84. The number of hydrogen-bond acceptors (Lipinski definition) is 8. The Labute approximate surface area is 219 Å². The molecule has 0 radical (unpaired) electrons. The number of benzene rings is 1. The lowest BCUT2D eigenvalue weighted by Crippen LogP contribution is -2.31. The number of aromatic nitrogens is 3. The zero-order chi connectivity index (χ0) is 27.6. The molecule has 1 atom stereocenters. The Hall–Kier alpha value is -4.54. The molecule has 11 nitrogen and oxygen atoms in total. The molecule has 1 fully saturated rings. The van der Waals surface area contributed by atoms with Crippen LogP contribution in [0, 0.1) is 13.8 Å². The number of likely N-dealkylation sites (tertiary alicyclic amines) is 1. The van der Waals surface area contributed by atoms with E-state index in [0.29, 0.717) is 41.3 Å². The normalized spacial score (nSPS) is 16.7. The van der Waals surface area contributed by atoms with Crippen molar-refractivity contribution >= 4 is 23.4 Å². The van der Waals surface area contributed by atoms with Crippen molar-refractivity contribution in [1.29, 1.82) is 0 Å². The molecule has 2 aromatic heterocycles. The van der Waals surface area contributed by atoms with Gasteiger partial charge in [0, 0.05) is 36.7 Å². The maximum Gasteiger partial charge on any atom is 0.354 e. The molecule has 1 aliphatic rings. The van der Waals surface area contributed by atoms with E-state index in [4.69, 9.17) is 14.2 Å². The zero-order valence-electron chi connectivity index (χ0n) is 21.9. The van der Waals surface area contributed by atoms with Gasteiger partial charge in [0.2, 0.25) is 0 Å². The first-order chi connectivity index (χ1) is 18.2. The Bertz CT molecular complexity index is 1400. The maximum absolute atomic E-state index is 13.4. The standard InChI is InChI=1S/C27H30N4O7/c1-15-20(16(2)29-22(15)27(35)38-5)24(32)21-23(17-7-8-18(36-3)19(13-17)37-4)31(26(34)25(21)33)11-6-10-30-12-9-28-14-30/h7-9,12-14,23,29,32H,6,10-11H2,1-5H3. The number of hydrogen-bond donors (Lipinski definition) is 2. The molecule has 2 N–H and O–H groups in total. The molecule has 0 bridgehead atoms. The molecule has 0 spiro atoms. The molecule has 38 heavy (non-hydrogen) atoms. The SMILES string of the molecule is COC(=O)c1[nH]c(C)c(C(O)=C2C(=O)C(=O)N(CCCn3ccnc3)C2c2ccc(OC)c(OC)c2)c1C. The summed E-state index contributed by atoms with van der Waals surface area (Å²) in [5.41, 5.74) is 1.77. The molecule has 1 amide bonds. The number of carbonyl (C=O) groups excluding carboxylic acids is 3. The largest absolute Gasteiger partial charge is 0.507 e. The van der Waals surface area contributed by atoms with Crippen LogP contribution in [-0.2, 0) is 20.9 Å². The van der Waals surface area contributed by atoms with Crippen molar-refractivity contribution in [2.75, 3.05) is 27.9 Å². The average molecular weight is 523 g/mol. The zero-order valence-corrected chi connectivity index (χ0v) is 21.9. The van der Waals surface area contributed by atoms with Crippen molar-refractivity contribution in [2.45, 2.75) is 32.9 Å². The first-order valence-electron chi connectivity index (χ1n) is 12.0. The van der Waals surface area contributed by atoms with Gasteiger partial charge in [-0.15, -0.1) is 0 Å². The van der Waals surface area contributed by atoms with E-state index in [-0.39, 0.29) is 29.1 Å². The topological polar surface area (TPSA) is 136 Å². The molecule has 200 valence electrons. The number of aryl methyl sites for hydroxylation is 2.